The van der Waals surface area contributed by atoms with Gasteiger partial charge in [0.25, 0.3) is 0 Å². The van der Waals surface area contributed by atoms with Crippen molar-refractivity contribution in [1.29, 1.82) is 0 Å². The van der Waals surface area contributed by atoms with Crippen molar-refractivity contribution in [2.24, 2.45) is 0 Å². The van der Waals surface area contributed by atoms with Gasteiger partial charge in [-0.2, -0.15) is 0 Å². The van der Waals surface area contributed by atoms with Gasteiger partial charge >= 0.3 is 5.97 Å². The minimum absolute atomic E-state index is 0.121. The quantitative estimate of drug-likeness (QED) is 0.933. The first-order valence-electron chi connectivity index (χ1n) is 5.82. The highest BCUT2D eigenvalue weighted by Crippen LogP contribution is 2.32. The Morgan fingerprint density at radius 3 is 2.15 bits per heavy atom. The second-order valence-electron chi connectivity index (χ2n) is 4.07. The van der Waals surface area contributed by atoms with E-state index in [0.29, 0.717) is 16.5 Å². The molecular weight excluding hydrogens is 280 g/mol. The summed E-state index contributed by atoms with van der Waals surface area (Å²) in [7, 11) is 2.98. The number of carbonyl (C=O) groups is 1. The molecule has 0 heterocycles. The van der Waals surface area contributed by atoms with Gasteiger partial charge in [0.2, 0.25) is 0 Å². The number of ether oxygens (including phenoxy) is 2. The minimum atomic E-state index is -1.03. The molecule has 2 aromatic rings. The predicted octanol–water partition coefficient (Wildman–Crippen LogP) is 3.72. The molecule has 0 bridgehead atoms. The Morgan fingerprint density at radius 2 is 1.60 bits per heavy atom. The zero-order valence-corrected chi connectivity index (χ0v) is 11.8. The van der Waals surface area contributed by atoms with Gasteiger partial charge in [0, 0.05) is 0 Å². The lowest BCUT2D eigenvalue weighted by Crippen LogP contribution is -2.00. The molecule has 20 heavy (non-hydrogen) atoms. The van der Waals surface area contributed by atoms with E-state index in [9.17, 15) is 4.79 Å². The average Bonchev–Trinajstić information content (AvgIpc) is 2.46. The van der Waals surface area contributed by atoms with Gasteiger partial charge in [0.15, 0.2) is 0 Å². The number of methoxy groups -OCH3 is 2. The Kier molecular flexibility index (Phi) is 4.15. The van der Waals surface area contributed by atoms with E-state index in [0.717, 1.165) is 11.1 Å². The largest absolute Gasteiger partial charge is 0.496 e. The summed E-state index contributed by atoms with van der Waals surface area (Å²) in [5, 5.41) is 9.54. The topological polar surface area (TPSA) is 55.8 Å². The van der Waals surface area contributed by atoms with Crippen LogP contribution >= 0.6 is 11.6 Å². The predicted molar refractivity (Wildman–Crippen MR) is 77.0 cm³/mol. The maximum atomic E-state index is 11.0. The second-order valence-corrected chi connectivity index (χ2v) is 4.48. The molecule has 5 heteroatoms. The van der Waals surface area contributed by atoms with Crippen LogP contribution in [0, 0.1) is 0 Å². The van der Waals surface area contributed by atoms with Gasteiger partial charge in [-0.25, -0.2) is 4.79 Å². The number of hydrogen-bond donors (Lipinski definition) is 1. The molecular formula is C15H13ClO4. The molecule has 0 atom stereocenters. The molecule has 4 nitrogen and oxygen atoms in total. The lowest BCUT2D eigenvalue weighted by atomic mass is 10.0. The van der Waals surface area contributed by atoms with Crippen LogP contribution in [0.25, 0.3) is 11.1 Å². The summed E-state index contributed by atoms with van der Waals surface area (Å²) < 4.78 is 10.2. The van der Waals surface area contributed by atoms with E-state index in [1.165, 1.54) is 13.2 Å². The van der Waals surface area contributed by atoms with Gasteiger partial charge in [-0.1, -0.05) is 23.7 Å². The molecule has 0 aliphatic heterocycles. The molecule has 0 saturated carbocycles. The lowest BCUT2D eigenvalue weighted by molar-refractivity contribution is 0.0693. The SMILES string of the molecule is COc1ccc(-c2ccc(C(=O)O)c(OC)c2)cc1Cl. The van der Waals surface area contributed by atoms with Crippen molar-refractivity contribution in [3.8, 4) is 22.6 Å². The zero-order chi connectivity index (χ0) is 14.7. The fourth-order valence-electron chi connectivity index (χ4n) is 1.89. The number of benzene rings is 2. The Labute approximate surface area is 121 Å². The standard InChI is InChI=1S/C15H13ClO4/c1-19-13-6-4-9(7-12(13)16)10-3-5-11(15(17)18)14(8-10)20-2/h3-8H,1-2H3,(H,17,18). The summed E-state index contributed by atoms with van der Waals surface area (Å²) in [6.07, 6.45) is 0. The first-order valence-corrected chi connectivity index (χ1v) is 6.20. The van der Waals surface area contributed by atoms with Gasteiger partial charge in [0.1, 0.15) is 17.1 Å². The molecule has 0 amide bonds. The van der Waals surface area contributed by atoms with Crippen molar-refractivity contribution in [1.82, 2.24) is 0 Å². The Hall–Kier alpha value is -2.20. The van der Waals surface area contributed by atoms with E-state index in [2.05, 4.69) is 0 Å². The van der Waals surface area contributed by atoms with Crippen LogP contribution in [-0.2, 0) is 0 Å². The smallest absolute Gasteiger partial charge is 0.339 e. The first kappa shape index (κ1) is 14.2. The summed E-state index contributed by atoms with van der Waals surface area (Å²) in [5.74, 6) is -0.132. The third kappa shape index (κ3) is 2.70. The maximum absolute atomic E-state index is 11.0. The van der Waals surface area contributed by atoms with Crippen molar-refractivity contribution < 1.29 is 19.4 Å². The highest BCUT2D eigenvalue weighted by atomic mass is 35.5. The molecule has 2 aromatic carbocycles. The van der Waals surface area contributed by atoms with Gasteiger partial charge in [-0.15, -0.1) is 0 Å². The van der Waals surface area contributed by atoms with E-state index < -0.39 is 5.97 Å². The van der Waals surface area contributed by atoms with Crippen LogP contribution in [0.3, 0.4) is 0 Å². The van der Waals surface area contributed by atoms with Gasteiger partial charge in [-0.3, -0.25) is 0 Å². The van der Waals surface area contributed by atoms with Crippen LogP contribution in [-0.4, -0.2) is 25.3 Å². The molecule has 0 unspecified atom stereocenters. The van der Waals surface area contributed by atoms with Crippen molar-refractivity contribution in [3.05, 3.63) is 47.0 Å². The van der Waals surface area contributed by atoms with E-state index in [1.54, 1.807) is 31.4 Å². The maximum Gasteiger partial charge on any atom is 0.339 e. The van der Waals surface area contributed by atoms with Crippen molar-refractivity contribution in [2.75, 3.05) is 14.2 Å². The molecule has 1 N–H and O–H groups in total. The Morgan fingerprint density at radius 1 is 1.00 bits per heavy atom. The zero-order valence-electron chi connectivity index (χ0n) is 11.0. The molecule has 0 aliphatic carbocycles. The first-order chi connectivity index (χ1) is 9.56. The molecule has 104 valence electrons. The van der Waals surface area contributed by atoms with Crippen molar-refractivity contribution in [3.63, 3.8) is 0 Å². The third-order valence-corrected chi connectivity index (χ3v) is 3.21. The third-order valence-electron chi connectivity index (χ3n) is 2.92. The highest BCUT2D eigenvalue weighted by molar-refractivity contribution is 6.32. The summed E-state index contributed by atoms with van der Waals surface area (Å²) >= 11 is 6.08. The lowest BCUT2D eigenvalue weighted by Gasteiger charge is -2.09. The van der Waals surface area contributed by atoms with Gasteiger partial charge < -0.3 is 14.6 Å². The minimum Gasteiger partial charge on any atom is -0.496 e. The number of rotatable bonds is 4. The van der Waals surface area contributed by atoms with Crippen LogP contribution in [0.15, 0.2) is 36.4 Å². The van der Waals surface area contributed by atoms with Crippen molar-refractivity contribution in [2.45, 2.75) is 0 Å². The molecule has 0 aliphatic rings. The van der Waals surface area contributed by atoms with E-state index in [-0.39, 0.29) is 5.56 Å². The van der Waals surface area contributed by atoms with Crippen LogP contribution in [0.5, 0.6) is 11.5 Å². The molecule has 0 saturated heterocycles. The van der Waals surface area contributed by atoms with Gasteiger partial charge in [-0.05, 0) is 35.4 Å². The fourth-order valence-corrected chi connectivity index (χ4v) is 2.15. The van der Waals surface area contributed by atoms with E-state index in [1.807, 2.05) is 6.07 Å². The fraction of sp³-hybridized carbons (Fsp3) is 0.133. The summed E-state index contributed by atoms with van der Waals surface area (Å²) in [5.41, 5.74) is 1.79. The number of aromatic carboxylic acids is 1. The van der Waals surface area contributed by atoms with Crippen LogP contribution in [0.4, 0.5) is 0 Å². The van der Waals surface area contributed by atoms with E-state index >= 15 is 0 Å². The number of carboxylic acid groups (broad SMARTS) is 1. The molecule has 0 aromatic heterocycles. The van der Waals surface area contributed by atoms with E-state index in [4.69, 9.17) is 26.2 Å². The molecule has 0 spiro atoms. The van der Waals surface area contributed by atoms with Crippen molar-refractivity contribution >= 4 is 17.6 Å². The van der Waals surface area contributed by atoms with Crippen LogP contribution in [0.1, 0.15) is 10.4 Å². The summed E-state index contributed by atoms with van der Waals surface area (Å²) in [6, 6.07) is 10.3. The highest BCUT2D eigenvalue weighted by Gasteiger charge is 2.12. The number of hydrogen-bond acceptors (Lipinski definition) is 3. The van der Waals surface area contributed by atoms with Gasteiger partial charge in [0.05, 0.1) is 19.2 Å². The van der Waals surface area contributed by atoms with Crippen LogP contribution in [0.2, 0.25) is 5.02 Å². The molecule has 0 radical (unpaired) electrons. The number of halogens is 1. The second kappa shape index (κ2) is 5.84. The Balaban J connectivity index is 2.48. The average molecular weight is 293 g/mol. The molecule has 2 rings (SSSR count). The van der Waals surface area contributed by atoms with Crippen LogP contribution < -0.4 is 9.47 Å². The summed E-state index contributed by atoms with van der Waals surface area (Å²) in [6.45, 7) is 0. The molecule has 0 fully saturated rings. The summed E-state index contributed by atoms with van der Waals surface area (Å²) in [4.78, 5) is 11.0. The Bertz CT molecular complexity index is 652. The number of carboxylic acids is 1. The normalized spacial score (nSPS) is 10.2. The monoisotopic (exact) mass is 292 g/mol.